The van der Waals surface area contributed by atoms with Gasteiger partial charge in [0.1, 0.15) is 36.3 Å². The number of nitrogens with two attached hydrogens (primary N) is 3. The molecule has 0 bridgehead atoms. The van der Waals surface area contributed by atoms with Gasteiger partial charge in [-0.05, 0) is 47.2 Å². The molecule has 1 fully saturated rings. The van der Waals surface area contributed by atoms with Crippen molar-refractivity contribution >= 4 is 103 Å². The summed E-state index contributed by atoms with van der Waals surface area (Å²) in [4.78, 5) is 137. The molecule has 2 aromatic heterocycles. The summed E-state index contributed by atoms with van der Waals surface area (Å²) in [5, 5.41) is 40.1. The predicted octanol–water partition coefficient (Wildman–Crippen LogP) is -1.18. The van der Waals surface area contributed by atoms with Crippen LogP contribution in [0.15, 0.2) is 90.4 Å². The standard InChI is InChI=1S/C49H60N14O11S2/c50-32-23-75-76-24-39(48(73)74)58-40(64)22-56-43(68)37(18-29-20-55-33-9-4-3-8-31(29)33)62-44(69)34(10-5-15-54-49(51)52)60-46(71)36(17-26-11-12-27-6-1-2-7-28(27)16-26)61-47(72)38(19-30-21-53-25-57-30)63-45(70)35(59-42(32)67)13-14-41(65)66/h1-4,6-9,11-12,16,20-21,25,32,34-39,55H,5,10,13-15,17-19,22-24,50H2,(H,53,57)(H,56,68)(H,58,64)(H,59,67)(H,60,71)(H,61,72)(H,62,69)(H,63,70)(H,65,66)(H,73,74)(H4,51,52,54)/t32-,34-,35?,36?,37-,38-,39-/m0/s1. The number of nitrogens with zero attached hydrogens (tertiary/aromatic N) is 2. The average Bonchev–Trinajstić information content (AvgIpc) is 4.07. The van der Waals surface area contributed by atoms with Crippen molar-refractivity contribution < 1.29 is 53.4 Å². The second kappa shape index (κ2) is 27.9. The molecule has 404 valence electrons. The van der Waals surface area contributed by atoms with Crippen molar-refractivity contribution in [1.29, 1.82) is 0 Å². The van der Waals surface area contributed by atoms with Crippen LogP contribution in [0.5, 0.6) is 0 Å². The first-order chi connectivity index (χ1) is 36.4. The molecule has 17 N–H and O–H groups in total. The zero-order valence-electron chi connectivity index (χ0n) is 40.9. The first kappa shape index (κ1) is 57.1. The number of imidazole rings is 1. The number of aliphatic imine (C=N–C) groups is 1. The lowest BCUT2D eigenvalue weighted by molar-refractivity contribution is -0.141. The van der Waals surface area contributed by atoms with Crippen LogP contribution < -0.4 is 54.4 Å². The quantitative estimate of drug-likeness (QED) is 0.0269. The van der Waals surface area contributed by atoms with Crippen molar-refractivity contribution in [2.75, 3.05) is 24.6 Å². The van der Waals surface area contributed by atoms with Crippen LogP contribution in [-0.2, 0) is 62.4 Å². The zero-order chi connectivity index (χ0) is 54.7. The van der Waals surface area contributed by atoms with Gasteiger partial charge >= 0.3 is 11.9 Å². The Hall–Kier alpha value is -8.17. The third-order valence-electron chi connectivity index (χ3n) is 12.0. The van der Waals surface area contributed by atoms with Gasteiger partial charge in [0.05, 0.1) is 18.9 Å². The van der Waals surface area contributed by atoms with E-state index in [1.165, 1.54) is 12.5 Å². The molecule has 76 heavy (non-hydrogen) atoms. The summed E-state index contributed by atoms with van der Waals surface area (Å²) in [6.07, 6.45) is 2.90. The van der Waals surface area contributed by atoms with E-state index in [4.69, 9.17) is 17.2 Å². The van der Waals surface area contributed by atoms with E-state index in [9.17, 15) is 53.4 Å². The highest BCUT2D eigenvalue weighted by Gasteiger charge is 2.34. The Morgan fingerprint density at radius 3 is 1.97 bits per heavy atom. The molecule has 1 saturated heterocycles. The molecular weight excluding hydrogens is 1020 g/mol. The van der Waals surface area contributed by atoms with E-state index < -0.39 is 115 Å². The van der Waals surface area contributed by atoms with Crippen molar-refractivity contribution in [1.82, 2.24) is 52.2 Å². The largest absolute Gasteiger partial charge is 0.481 e. The van der Waals surface area contributed by atoms with Crippen LogP contribution in [0.1, 0.15) is 42.5 Å². The Morgan fingerprint density at radius 2 is 1.29 bits per heavy atom. The SMILES string of the molecule is NC(N)=NCCC[C@@H]1NC(=O)C(Cc2ccc3ccccc3c2)NC(=O)[C@H](Cc2cnc[nH]2)NC(=O)C(CCC(=O)O)NC(=O)[C@@H](N)CSSC[C@@H](C(=O)O)NC(=O)CNC(=O)[C@H](Cc2c[nH]c3ccccc23)NC1=O. The van der Waals surface area contributed by atoms with Crippen LogP contribution in [0.4, 0.5) is 0 Å². The maximum Gasteiger partial charge on any atom is 0.327 e. The van der Waals surface area contributed by atoms with Gasteiger partial charge in [-0.15, -0.1) is 0 Å². The molecule has 0 saturated carbocycles. The summed E-state index contributed by atoms with van der Waals surface area (Å²) in [6, 6.07) is 9.98. The lowest BCUT2D eigenvalue weighted by atomic mass is 9.99. The fraction of sp³-hybridized carbons (Fsp3) is 0.367. The summed E-state index contributed by atoms with van der Waals surface area (Å²) in [5.74, 6) is -9.46. The molecule has 3 aromatic carbocycles. The maximum absolute atomic E-state index is 14.8. The minimum Gasteiger partial charge on any atom is -0.481 e. The van der Waals surface area contributed by atoms with E-state index in [0.29, 0.717) is 16.8 Å². The minimum atomic E-state index is -1.54. The molecule has 25 nitrogen and oxygen atoms in total. The monoisotopic (exact) mass is 1080 g/mol. The van der Waals surface area contributed by atoms with Crippen molar-refractivity contribution in [2.45, 2.75) is 87.2 Å². The van der Waals surface area contributed by atoms with Crippen LogP contribution in [0.25, 0.3) is 21.7 Å². The number of aromatic nitrogens is 3. The molecule has 0 spiro atoms. The molecule has 3 heterocycles. The van der Waals surface area contributed by atoms with Gasteiger partial charge in [0.2, 0.25) is 41.4 Å². The second-order valence-corrected chi connectivity index (χ2v) is 20.3. The van der Waals surface area contributed by atoms with E-state index >= 15 is 0 Å². The van der Waals surface area contributed by atoms with Crippen molar-refractivity contribution in [3.63, 3.8) is 0 Å². The van der Waals surface area contributed by atoms with Crippen LogP contribution in [0.2, 0.25) is 0 Å². The number of hydrogen-bond donors (Lipinski definition) is 14. The van der Waals surface area contributed by atoms with Crippen molar-refractivity contribution in [2.24, 2.45) is 22.2 Å². The van der Waals surface area contributed by atoms with E-state index in [0.717, 1.165) is 43.3 Å². The number of nitrogens with one attached hydrogen (secondary N) is 9. The number of carboxylic acids is 2. The third-order valence-corrected chi connectivity index (χ3v) is 14.5. The fourth-order valence-electron chi connectivity index (χ4n) is 8.07. The van der Waals surface area contributed by atoms with Gasteiger partial charge < -0.3 is 74.6 Å². The van der Waals surface area contributed by atoms with Gasteiger partial charge in [-0.3, -0.25) is 43.3 Å². The first-order valence-electron chi connectivity index (χ1n) is 24.0. The molecule has 0 aliphatic carbocycles. The Balaban J connectivity index is 1.39. The number of para-hydroxylation sites is 1. The summed E-state index contributed by atoms with van der Waals surface area (Å²) in [5.41, 5.74) is 19.6. The number of aliphatic carboxylic acids is 2. The topological polar surface area (TPSA) is 413 Å². The molecule has 7 atom stereocenters. The highest BCUT2D eigenvalue weighted by molar-refractivity contribution is 8.76. The van der Waals surface area contributed by atoms with E-state index in [1.807, 2.05) is 48.5 Å². The lowest BCUT2D eigenvalue weighted by Gasteiger charge is -2.27. The van der Waals surface area contributed by atoms with Gasteiger partial charge in [0.25, 0.3) is 0 Å². The Kier molecular flexibility index (Phi) is 21.0. The Morgan fingerprint density at radius 1 is 0.671 bits per heavy atom. The number of carbonyl (C=O) groups is 9. The summed E-state index contributed by atoms with van der Waals surface area (Å²) in [6.45, 7) is -0.685. The van der Waals surface area contributed by atoms with Gasteiger partial charge in [-0.2, -0.15) is 0 Å². The molecule has 27 heteroatoms. The molecule has 2 unspecified atom stereocenters. The average molecular weight is 1090 g/mol. The van der Waals surface area contributed by atoms with E-state index in [-0.39, 0.29) is 56.1 Å². The van der Waals surface area contributed by atoms with E-state index in [1.54, 1.807) is 24.4 Å². The summed E-state index contributed by atoms with van der Waals surface area (Å²) in [7, 11) is 1.94. The van der Waals surface area contributed by atoms with Gasteiger partial charge in [-0.25, -0.2) is 9.78 Å². The predicted molar refractivity (Wildman–Crippen MR) is 284 cm³/mol. The maximum atomic E-state index is 14.8. The Labute approximate surface area is 442 Å². The molecule has 5 aromatic rings. The lowest BCUT2D eigenvalue weighted by Crippen LogP contribution is -2.60. The summed E-state index contributed by atoms with van der Waals surface area (Å²) >= 11 is 0. The first-order valence-corrected chi connectivity index (χ1v) is 26.5. The van der Waals surface area contributed by atoms with Crippen molar-refractivity contribution in [3.8, 4) is 0 Å². The number of fused-ring (bicyclic) bond motifs is 2. The molecule has 0 radical (unpaired) electrons. The molecule has 6 rings (SSSR count). The number of aromatic amines is 2. The number of guanidine groups is 1. The van der Waals surface area contributed by atoms with Crippen LogP contribution in [0.3, 0.4) is 0 Å². The van der Waals surface area contributed by atoms with Gasteiger partial charge in [0.15, 0.2) is 5.96 Å². The number of hydrogen-bond acceptors (Lipinski definition) is 14. The smallest absolute Gasteiger partial charge is 0.327 e. The number of amides is 7. The number of H-pyrrole nitrogens is 2. The fourth-order valence-corrected chi connectivity index (χ4v) is 10.3. The highest BCUT2D eigenvalue weighted by Crippen LogP contribution is 2.24. The molecular formula is C49H60N14O11S2. The third kappa shape index (κ3) is 17.2. The van der Waals surface area contributed by atoms with Gasteiger partial charge in [0, 0.05) is 72.7 Å². The number of rotatable bonds is 14. The zero-order valence-corrected chi connectivity index (χ0v) is 42.5. The second-order valence-electron chi connectivity index (χ2n) is 17.8. The molecule has 7 amide bonds. The number of carboxylic acid groups (broad SMARTS) is 2. The number of benzene rings is 3. The van der Waals surface area contributed by atoms with Crippen LogP contribution in [-0.4, -0.2) is 151 Å². The minimum absolute atomic E-state index is 0.0248. The number of carbonyl (C=O) groups excluding carboxylic acids is 7. The molecule has 1 aliphatic rings. The van der Waals surface area contributed by atoms with Crippen molar-refractivity contribution in [3.05, 3.63) is 102 Å². The van der Waals surface area contributed by atoms with Crippen LogP contribution in [0, 0.1) is 0 Å². The van der Waals surface area contributed by atoms with Crippen LogP contribution >= 0.6 is 21.6 Å². The normalized spacial score (nSPS) is 22.2. The highest BCUT2D eigenvalue weighted by atomic mass is 33.1. The Bertz CT molecular complexity index is 2920. The van der Waals surface area contributed by atoms with E-state index in [2.05, 4.69) is 57.2 Å². The molecule has 1 aliphatic heterocycles. The van der Waals surface area contributed by atoms with Gasteiger partial charge in [-0.1, -0.05) is 82.3 Å². The summed E-state index contributed by atoms with van der Waals surface area (Å²) < 4.78 is 0.